The highest BCUT2D eigenvalue weighted by atomic mass is 19.1. The number of anilines is 1. The number of halogens is 1. The van der Waals surface area contributed by atoms with Crippen LogP contribution in [0.1, 0.15) is 13.8 Å². The fraction of sp³-hybridized carbons (Fsp3) is 0.233. The predicted molar refractivity (Wildman–Crippen MR) is 158 cm³/mol. The number of aromatic amines is 2. The molecule has 0 bridgehead atoms. The molecule has 0 unspecified atom stereocenters. The number of rotatable bonds is 9. The SMILES string of the molecule is CC(C)Nc1cncc(-c2cc3c(-c4nc5c(-c6cc(F)cc(OCCN(C)C)c6)cncc5[nH]4)n[nH]c3cn2)c1. The topological polar surface area (TPSA) is 121 Å². The molecule has 3 N–H and O–H groups in total. The minimum atomic E-state index is -0.393. The van der Waals surface area contributed by atoms with Gasteiger partial charge in [0.15, 0.2) is 5.82 Å². The molecule has 0 saturated heterocycles. The number of fused-ring (bicyclic) bond motifs is 2. The quantitative estimate of drug-likeness (QED) is 0.215. The summed E-state index contributed by atoms with van der Waals surface area (Å²) in [7, 11) is 3.92. The van der Waals surface area contributed by atoms with Crippen molar-refractivity contribution in [1.82, 2.24) is 40.0 Å². The van der Waals surface area contributed by atoms with E-state index in [2.05, 4.69) is 49.3 Å². The molecule has 10 nitrogen and oxygen atoms in total. The molecule has 0 fully saturated rings. The molecule has 0 radical (unpaired) electrons. The van der Waals surface area contributed by atoms with Crippen molar-refractivity contribution in [3.63, 3.8) is 0 Å². The van der Waals surface area contributed by atoms with E-state index in [9.17, 15) is 4.39 Å². The molecule has 11 heteroatoms. The standard InChI is InChI=1S/C30H30FN9O/c1-17(2)35-21-8-19(12-32-13-21)25-11-23-26(16-34-25)38-39-29(23)30-36-27-15-33-14-24(28(27)37-30)18-7-20(31)10-22(9-18)41-6-5-40(3)4/h7-17,35H,5-6H2,1-4H3,(H,36,37)(H,38,39). The Hall–Kier alpha value is -4.90. The Labute approximate surface area is 236 Å². The van der Waals surface area contributed by atoms with Crippen molar-refractivity contribution in [2.24, 2.45) is 0 Å². The Morgan fingerprint density at radius 1 is 0.951 bits per heavy atom. The second kappa shape index (κ2) is 10.9. The first-order valence-corrected chi connectivity index (χ1v) is 13.3. The first-order valence-electron chi connectivity index (χ1n) is 13.3. The van der Waals surface area contributed by atoms with Crippen LogP contribution in [0.2, 0.25) is 0 Å². The number of aromatic nitrogens is 7. The average Bonchev–Trinajstić information content (AvgIpc) is 3.56. The third-order valence-corrected chi connectivity index (χ3v) is 6.54. The Balaban J connectivity index is 1.37. The van der Waals surface area contributed by atoms with Crippen LogP contribution in [-0.2, 0) is 0 Å². The molecule has 0 atom stereocenters. The van der Waals surface area contributed by atoms with Gasteiger partial charge in [-0.2, -0.15) is 5.10 Å². The van der Waals surface area contributed by atoms with E-state index in [1.54, 1.807) is 31.0 Å². The van der Waals surface area contributed by atoms with Crippen molar-refractivity contribution >= 4 is 27.6 Å². The number of nitrogens with zero attached hydrogens (tertiary/aromatic N) is 6. The monoisotopic (exact) mass is 551 g/mol. The van der Waals surface area contributed by atoms with Crippen LogP contribution in [0.5, 0.6) is 5.75 Å². The van der Waals surface area contributed by atoms with Gasteiger partial charge >= 0.3 is 0 Å². The summed E-state index contributed by atoms with van der Waals surface area (Å²) in [4.78, 5) is 23.6. The average molecular weight is 552 g/mol. The van der Waals surface area contributed by atoms with Gasteiger partial charge in [0.1, 0.15) is 23.9 Å². The highest BCUT2D eigenvalue weighted by Crippen LogP contribution is 2.33. The van der Waals surface area contributed by atoms with Gasteiger partial charge in [-0.05, 0) is 57.8 Å². The van der Waals surface area contributed by atoms with Gasteiger partial charge in [0.05, 0.1) is 40.3 Å². The van der Waals surface area contributed by atoms with E-state index in [0.29, 0.717) is 46.0 Å². The number of nitrogens with one attached hydrogen (secondary N) is 3. The number of hydrogen-bond acceptors (Lipinski definition) is 8. The Bertz CT molecular complexity index is 1840. The first-order chi connectivity index (χ1) is 19.8. The third kappa shape index (κ3) is 5.57. The molecule has 41 heavy (non-hydrogen) atoms. The maximum absolute atomic E-state index is 14.6. The number of hydrogen-bond donors (Lipinski definition) is 3. The maximum atomic E-state index is 14.6. The molecule has 5 aromatic heterocycles. The number of imidazole rings is 1. The van der Waals surface area contributed by atoms with Gasteiger partial charge in [-0.25, -0.2) is 9.37 Å². The van der Waals surface area contributed by atoms with Crippen LogP contribution >= 0.6 is 0 Å². The Morgan fingerprint density at radius 2 is 1.80 bits per heavy atom. The van der Waals surface area contributed by atoms with Crippen LogP contribution in [0, 0.1) is 5.82 Å². The Kier molecular flexibility index (Phi) is 7.02. The van der Waals surface area contributed by atoms with E-state index in [4.69, 9.17) is 9.72 Å². The lowest BCUT2D eigenvalue weighted by Crippen LogP contribution is -2.19. The molecule has 1 aromatic carbocycles. The number of ether oxygens (including phenoxy) is 1. The van der Waals surface area contributed by atoms with Crippen LogP contribution in [0.4, 0.5) is 10.1 Å². The van der Waals surface area contributed by atoms with Crippen molar-refractivity contribution in [1.29, 1.82) is 0 Å². The van der Waals surface area contributed by atoms with Crippen LogP contribution in [-0.4, -0.2) is 73.3 Å². The van der Waals surface area contributed by atoms with Gasteiger partial charge in [-0.1, -0.05) is 0 Å². The highest BCUT2D eigenvalue weighted by molar-refractivity contribution is 5.97. The smallest absolute Gasteiger partial charge is 0.159 e. The highest BCUT2D eigenvalue weighted by Gasteiger charge is 2.17. The zero-order valence-corrected chi connectivity index (χ0v) is 23.2. The number of H-pyrrole nitrogens is 2. The van der Waals surface area contributed by atoms with Gasteiger partial charge in [-0.15, -0.1) is 0 Å². The van der Waals surface area contributed by atoms with E-state index in [1.807, 2.05) is 37.2 Å². The summed E-state index contributed by atoms with van der Waals surface area (Å²) in [6.07, 6.45) is 8.72. The molecule has 0 aliphatic rings. The summed E-state index contributed by atoms with van der Waals surface area (Å²) in [5.41, 5.74) is 6.66. The predicted octanol–water partition coefficient (Wildman–Crippen LogP) is 5.53. The molecule has 0 saturated carbocycles. The zero-order chi connectivity index (χ0) is 28.5. The van der Waals surface area contributed by atoms with Gasteiger partial charge < -0.3 is 19.9 Å². The fourth-order valence-corrected chi connectivity index (χ4v) is 4.65. The molecule has 0 amide bonds. The third-order valence-electron chi connectivity index (χ3n) is 6.54. The van der Waals surface area contributed by atoms with Gasteiger partial charge in [0.25, 0.3) is 0 Å². The maximum Gasteiger partial charge on any atom is 0.159 e. The van der Waals surface area contributed by atoms with Gasteiger partial charge in [-0.3, -0.25) is 20.1 Å². The Morgan fingerprint density at radius 3 is 2.63 bits per heavy atom. The van der Waals surface area contributed by atoms with E-state index in [1.165, 1.54) is 12.1 Å². The van der Waals surface area contributed by atoms with Crippen molar-refractivity contribution in [2.45, 2.75) is 19.9 Å². The van der Waals surface area contributed by atoms with Gasteiger partial charge in [0, 0.05) is 53.8 Å². The summed E-state index contributed by atoms with van der Waals surface area (Å²) in [6, 6.07) is 8.93. The van der Waals surface area contributed by atoms with E-state index in [0.717, 1.165) is 34.4 Å². The number of pyridine rings is 3. The first kappa shape index (κ1) is 26.3. The lowest BCUT2D eigenvalue weighted by molar-refractivity contribution is 0.260. The number of likely N-dealkylation sites (N-methyl/N-ethyl adjacent to an activating group) is 1. The van der Waals surface area contributed by atoms with Crippen molar-refractivity contribution in [3.8, 4) is 39.7 Å². The largest absolute Gasteiger partial charge is 0.492 e. The van der Waals surface area contributed by atoms with Crippen molar-refractivity contribution in [2.75, 3.05) is 32.6 Å². The lowest BCUT2D eigenvalue weighted by atomic mass is 10.1. The van der Waals surface area contributed by atoms with Crippen LogP contribution in [0.15, 0.2) is 61.3 Å². The molecule has 0 aliphatic heterocycles. The lowest BCUT2D eigenvalue weighted by Gasteiger charge is -2.12. The van der Waals surface area contributed by atoms with Crippen LogP contribution in [0.25, 0.3) is 55.8 Å². The summed E-state index contributed by atoms with van der Waals surface area (Å²) in [5.74, 6) is 0.621. The molecule has 6 rings (SSSR count). The molecular weight excluding hydrogens is 521 g/mol. The molecule has 5 heterocycles. The fourth-order valence-electron chi connectivity index (χ4n) is 4.65. The minimum absolute atomic E-state index is 0.282. The van der Waals surface area contributed by atoms with Crippen LogP contribution < -0.4 is 10.1 Å². The minimum Gasteiger partial charge on any atom is -0.492 e. The summed E-state index contributed by atoms with van der Waals surface area (Å²) < 4.78 is 20.4. The van der Waals surface area contributed by atoms with Crippen LogP contribution in [0.3, 0.4) is 0 Å². The van der Waals surface area contributed by atoms with Gasteiger partial charge in [0.2, 0.25) is 0 Å². The van der Waals surface area contributed by atoms with Crippen molar-refractivity contribution < 1.29 is 9.13 Å². The summed E-state index contributed by atoms with van der Waals surface area (Å²) in [5, 5.41) is 11.8. The normalized spacial score (nSPS) is 11.7. The van der Waals surface area contributed by atoms with E-state index in [-0.39, 0.29) is 6.04 Å². The second-order valence-electron chi connectivity index (χ2n) is 10.4. The zero-order valence-electron chi connectivity index (χ0n) is 23.2. The second-order valence-corrected chi connectivity index (χ2v) is 10.4. The molecular formula is C30H30FN9O. The van der Waals surface area contributed by atoms with E-state index < -0.39 is 5.82 Å². The number of benzene rings is 1. The molecule has 0 spiro atoms. The molecule has 208 valence electrons. The summed E-state index contributed by atoms with van der Waals surface area (Å²) >= 11 is 0. The molecule has 6 aromatic rings. The summed E-state index contributed by atoms with van der Waals surface area (Å²) in [6.45, 7) is 5.33. The molecule has 0 aliphatic carbocycles. The van der Waals surface area contributed by atoms with E-state index >= 15 is 0 Å². The van der Waals surface area contributed by atoms with Crippen molar-refractivity contribution in [3.05, 3.63) is 67.1 Å².